The van der Waals surface area contributed by atoms with Crippen molar-refractivity contribution in [3.63, 3.8) is 0 Å². The number of amides is 2. The second-order valence-electron chi connectivity index (χ2n) is 9.66. The van der Waals surface area contributed by atoms with Gasteiger partial charge < -0.3 is 14.5 Å². The molecule has 0 aliphatic carbocycles. The van der Waals surface area contributed by atoms with Gasteiger partial charge in [0.1, 0.15) is 11.2 Å². The summed E-state index contributed by atoms with van der Waals surface area (Å²) in [6.45, 7) is 7.59. The summed E-state index contributed by atoms with van der Waals surface area (Å²) < 4.78 is 7.46. The number of benzene rings is 1. The average Bonchev–Trinajstić information content (AvgIpc) is 3.31. The number of nitrogens with zero attached hydrogens (tertiary/aromatic N) is 5. The zero-order valence-corrected chi connectivity index (χ0v) is 20.1. The summed E-state index contributed by atoms with van der Waals surface area (Å²) in [4.78, 5) is 35.5. The van der Waals surface area contributed by atoms with Crippen molar-refractivity contribution < 1.29 is 14.3 Å². The third-order valence-electron chi connectivity index (χ3n) is 5.68. The van der Waals surface area contributed by atoms with Gasteiger partial charge in [-0.3, -0.25) is 14.1 Å². The molecule has 33 heavy (non-hydrogen) atoms. The maximum atomic E-state index is 13.0. The molecule has 0 spiro atoms. The molecule has 0 bridgehead atoms. The molecule has 8 nitrogen and oxygen atoms in total. The lowest BCUT2D eigenvalue weighted by atomic mass is 10.0. The van der Waals surface area contributed by atoms with E-state index in [-0.39, 0.29) is 5.91 Å². The normalized spacial score (nSPS) is 13.7. The highest BCUT2D eigenvalue weighted by molar-refractivity contribution is 6.00. The first-order valence-corrected chi connectivity index (χ1v) is 11.1. The predicted octanol–water partition coefficient (Wildman–Crippen LogP) is 3.89. The Bertz CT molecular complexity index is 1210. The minimum Gasteiger partial charge on any atom is -0.443 e. The molecule has 0 radical (unpaired) electrons. The fraction of sp³-hybridized carbons (Fsp3) is 0.400. The third-order valence-corrected chi connectivity index (χ3v) is 5.68. The molecule has 1 aliphatic rings. The summed E-state index contributed by atoms with van der Waals surface area (Å²) >= 11 is 0. The minimum atomic E-state index is -0.578. The van der Waals surface area contributed by atoms with Gasteiger partial charge in [-0.05, 0) is 58.6 Å². The fourth-order valence-electron chi connectivity index (χ4n) is 3.93. The molecular weight excluding hydrogens is 418 g/mol. The van der Waals surface area contributed by atoms with Crippen molar-refractivity contribution in [2.75, 3.05) is 39.1 Å². The third kappa shape index (κ3) is 4.57. The van der Waals surface area contributed by atoms with Crippen molar-refractivity contribution in [2.45, 2.75) is 32.9 Å². The van der Waals surface area contributed by atoms with Crippen LogP contribution in [-0.4, -0.2) is 71.0 Å². The molecular formula is C25H31N5O3. The van der Waals surface area contributed by atoms with Gasteiger partial charge in [-0.2, -0.15) is 0 Å². The van der Waals surface area contributed by atoms with Gasteiger partial charge in [-0.25, -0.2) is 9.78 Å². The van der Waals surface area contributed by atoms with E-state index in [4.69, 9.17) is 4.74 Å². The Kier molecular flexibility index (Phi) is 5.88. The molecule has 0 saturated heterocycles. The summed E-state index contributed by atoms with van der Waals surface area (Å²) in [5.41, 5.74) is 4.47. The number of rotatable bonds is 5. The Labute approximate surface area is 194 Å². The topological polar surface area (TPSA) is 70.4 Å². The highest BCUT2D eigenvalue weighted by Crippen LogP contribution is 2.33. The average molecular weight is 450 g/mol. The first-order valence-electron chi connectivity index (χ1n) is 11.1. The first kappa shape index (κ1) is 22.8. The summed E-state index contributed by atoms with van der Waals surface area (Å²) in [6.07, 6.45) is 3.27. The molecule has 3 heterocycles. The van der Waals surface area contributed by atoms with Crippen LogP contribution < -0.4 is 4.90 Å². The van der Waals surface area contributed by atoms with Crippen LogP contribution in [-0.2, 0) is 11.3 Å². The number of likely N-dealkylation sites (N-methyl/N-ethyl adjacent to an activating group) is 1. The first-order chi connectivity index (χ1) is 15.5. The molecule has 3 aromatic rings. The zero-order valence-electron chi connectivity index (χ0n) is 20.1. The van der Waals surface area contributed by atoms with E-state index in [1.165, 1.54) is 4.90 Å². The Hall–Kier alpha value is -3.39. The van der Waals surface area contributed by atoms with Crippen molar-refractivity contribution in [1.82, 2.24) is 19.2 Å². The molecule has 2 aromatic heterocycles. The Morgan fingerprint density at radius 1 is 1.12 bits per heavy atom. The van der Waals surface area contributed by atoms with E-state index in [0.29, 0.717) is 18.8 Å². The number of imidazole rings is 1. The number of carbonyl (C=O) groups is 2. The maximum absolute atomic E-state index is 13.0. The van der Waals surface area contributed by atoms with Crippen LogP contribution in [0, 0.1) is 0 Å². The van der Waals surface area contributed by atoms with E-state index in [0.717, 1.165) is 34.6 Å². The minimum absolute atomic E-state index is 0.0628. The lowest BCUT2D eigenvalue weighted by molar-refractivity contribution is 0.0589. The van der Waals surface area contributed by atoms with Gasteiger partial charge in [0.05, 0.1) is 17.6 Å². The summed E-state index contributed by atoms with van der Waals surface area (Å²) in [6, 6.07) is 9.55. The standard InChI is InChI=1S/C25H31N5O3/c1-25(2,3)33-24(32)28(6)17-10-11-22-26-14-21(30(22)15-17)18-8-7-9-19-20(18)16-29(23(19)31)13-12-27(4)5/h7-11,14-15H,12-13,16H2,1-6H3. The van der Waals surface area contributed by atoms with Crippen LogP contribution in [0.2, 0.25) is 0 Å². The van der Waals surface area contributed by atoms with Crippen molar-refractivity contribution in [3.8, 4) is 11.3 Å². The van der Waals surface area contributed by atoms with Crippen LogP contribution in [0.4, 0.5) is 10.5 Å². The second kappa shape index (κ2) is 8.51. The molecule has 1 aromatic carbocycles. The zero-order chi connectivity index (χ0) is 23.9. The van der Waals surface area contributed by atoms with Crippen LogP contribution in [0.25, 0.3) is 16.9 Å². The fourth-order valence-corrected chi connectivity index (χ4v) is 3.93. The van der Waals surface area contributed by atoms with Gasteiger partial charge in [0.15, 0.2) is 0 Å². The highest BCUT2D eigenvalue weighted by Gasteiger charge is 2.30. The summed E-state index contributed by atoms with van der Waals surface area (Å²) in [7, 11) is 5.69. The van der Waals surface area contributed by atoms with Gasteiger partial charge in [0, 0.05) is 44.0 Å². The van der Waals surface area contributed by atoms with E-state index < -0.39 is 11.7 Å². The molecule has 0 fully saturated rings. The van der Waals surface area contributed by atoms with Crippen molar-refractivity contribution in [2.24, 2.45) is 0 Å². The summed E-state index contributed by atoms with van der Waals surface area (Å²) in [5.74, 6) is 0.0628. The number of carbonyl (C=O) groups excluding carboxylic acids is 2. The molecule has 0 N–H and O–H groups in total. The smallest absolute Gasteiger partial charge is 0.414 e. The van der Waals surface area contributed by atoms with Crippen LogP contribution in [0.3, 0.4) is 0 Å². The Morgan fingerprint density at radius 3 is 2.55 bits per heavy atom. The Morgan fingerprint density at radius 2 is 1.85 bits per heavy atom. The van der Waals surface area contributed by atoms with E-state index in [1.807, 2.05) is 86.9 Å². The number of aromatic nitrogens is 2. The molecule has 4 rings (SSSR count). The van der Waals surface area contributed by atoms with Gasteiger partial charge >= 0.3 is 6.09 Å². The second-order valence-corrected chi connectivity index (χ2v) is 9.66. The maximum Gasteiger partial charge on any atom is 0.414 e. The van der Waals surface area contributed by atoms with E-state index in [9.17, 15) is 9.59 Å². The van der Waals surface area contributed by atoms with Gasteiger partial charge in [-0.1, -0.05) is 12.1 Å². The number of hydrogen-bond donors (Lipinski definition) is 0. The van der Waals surface area contributed by atoms with Crippen molar-refractivity contribution in [3.05, 3.63) is 53.9 Å². The largest absolute Gasteiger partial charge is 0.443 e. The molecule has 0 saturated carbocycles. The number of fused-ring (bicyclic) bond motifs is 2. The molecule has 0 unspecified atom stereocenters. The van der Waals surface area contributed by atoms with E-state index in [2.05, 4.69) is 9.88 Å². The van der Waals surface area contributed by atoms with Crippen LogP contribution in [0.15, 0.2) is 42.7 Å². The van der Waals surface area contributed by atoms with E-state index >= 15 is 0 Å². The lowest BCUT2D eigenvalue weighted by Gasteiger charge is -2.24. The summed E-state index contributed by atoms with van der Waals surface area (Å²) in [5, 5.41) is 0. The molecule has 0 atom stereocenters. The number of anilines is 1. The van der Waals surface area contributed by atoms with Crippen LogP contribution in [0.1, 0.15) is 36.7 Å². The quantitative estimate of drug-likeness (QED) is 0.591. The molecule has 2 amide bonds. The van der Waals surface area contributed by atoms with Gasteiger partial charge in [0.25, 0.3) is 5.91 Å². The monoisotopic (exact) mass is 449 g/mol. The Balaban J connectivity index is 1.69. The number of hydrogen-bond acceptors (Lipinski definition) is 5. The predicted molar refractivity (Wildman–Crippen MR) is 129 cm³/mol. The lowest BCUT2D eigenvalue weighted by Crippen LogP contribution is -2.34. The van der Waals surface area contributed by atoms with Crippen LogP contribution in [0.5, 0.6) is 0 Å². The van der Waals surface area contributed by atoms with E-state index in [1.54, 1.807) is 7.05 Å². The van der Waals surface area contributed by atoms with Crippen molar-refractivity contribution in [1.29, 1.82) is 0 Å². The SMILES string of the molecule is CN(C)CCN1Cc2c(cccc2-c2cnc3ccc(N(C)C(=O)OC(C)(C)C)cn23)C1=O. The van der Waals surface area contributed by atoms with Crippen molar-refractivity contribution >= 4 is 23.3 Å². The molecule has 174 valence electrons. The highest BCUT2D eigenvalue weighted by atomic mass is 16.6. The van der Waals surface area contributed by atoms with Gasteiger partial charge in [-0.15, -0.1) is 0 Å². The molecule has 8 heteroatoms. The van der Waals surface area contributed by atoms with Crippen LogP contribution >= 0.6 is 0 Å². The number of ether oxygens (including phenoxy) is 1. The number of pyridine rings is 1. The molecule has 1 aliphatic heterocycles. The van der Waals surface area contributed by atoms with Gasteiger partial charge in [0.2, 0.25) is 0 Å².